The average Bonchev–Trinajstić information content (AvgIpc) is 2.67. The van der Waals surface area contributed by atoms with Gasteiger partial charge in [-0.25, -0.2) is 0 Å². The van der Waals surface area contributed by atoms with Crippen LogP contribution in [0.2, 0.25) is 0 Å². The third-order valence-corrected chi connectivity index (χ3v) is 2.83. The lowest BCUT2D eigenvalue weighted by Gasteiger charge is -2.01. The van der Waals surface area contributed by atoms with E-state index in [1.54, 1.807) is 12.3 Å². The van der Waals surface area contributed by atoms with E-state index < -0.39 is 0 Å². The molecular formula is C13H12N4O. The molecule has 0 saturated carbocycles. The molecule has 5 heteroatoms. The van der Waals surface area contributed by atoms with Crippen molar-refractivity contribution >= 4 is 5.78 Å². The third-order valence-electron chi connectivity index (χ3n) is 2.83. The van der Waals surface area contributed by atoms with Crippen LogP contribution in [-0.4, -0.2) is 14.5 Å². The number of fused-ring (bicyclic) bond motifs is 1. The fourth-order valence-electron chi connectivity index (χ4n) is 1.83. The van der Waals surface area contributed by atoms with Crippen LogP contribution in [0, 0.1) is 19.1 Å². The van der Waals surface area contributed by atoms with Crippen LogP contribution in [0.15, 0.2) is 36.5 Å². The quantitative estimate of drug-likeness (QED) is 0.480. The predicted octanol–water partition coefficient (Wildman–Crippen LogP) is 1.65. The molecule has 0 spiro atoms. The van der Waals surface area contributed by atoms with Gasteiger partial charge in [0.1, 0.15) is 0 Å². The van der Waals surface area contributed by atoms with Gasteiger partial charge in [-0.1, -0.05) is 17.7 Å². The first-order valence-corrected chi connectivity index (χ1v) is 5.68. The Morgan fingerprint density at radius 3 is 2.50 bits per heavy atom. The van der Waals surface area contributed by atoms with E-state index in [0.717, 1.165) is 21.7 Å². The van der Waals surface area contributed by atoms with Crippen LogP contribution in [-0.2, 0) is 0 Å². The molecule has 0 bridgehead atoms. The molecule has 90 valence electrons. The minimum absolute atomic E-state index is 0.369. The van der Waals surface area contributed by atoms with Crippen molar-refractivity contribution in [1.82, 2.24) is 14.5 Å². The van der Waals surface area contributed by atoms with E-state index in [9.17, 15) is 5.21 Å². The highest BCUT2D eigenvalue weighted by Crippen LogP contribution is 2.14. The molecule has 0 aliphatic heterocycles. The molecule has 0 aliphatic carbocycles. The van der Waals surface area contributed by atoms with Crippen molar-refractivity contribution in [1.29, 1.82) is 0 Å². The van der Waals surface area contributed by atoms with Crippen LogP contribution >= 0.6 is 0 Å². The van der Waals surface area contributed by atoms with Crippen molar-refractivity contribution in [3.8, 4) is 11.4 Å². The first kappa shape index (κ1) is 10.7. The molecule has 2 aromatic heterocycles. The Morgan fingerprint density at radius 1 is 1.06 bits per heavy atom. The monoisotopic (exact) mass is 240 g/mol. The third kappa shape index (κ3) is 1.60. The molecular weight excluding hydrogens is 228 g/mol. The van der Waals surface area contributed by atoms with Gasteiger partial charge < -0.3 is 5.21 Å². The summed E-state index contributed by atoms with van der Waals surface area (Å²) < 4.78 is 1.39. The van der Waals surface area contributed by atoms with E-state index in [1.165, 1.54) is 4.52 Å². The average molecular weight is 240 g/mol. The number of rotatable bonds is 1. The van der Waals surface area contributed by atoms with Crippen molar-refractivity contribution in [3.63, 3.8) is 0 Å². The van der Waals surface area contributed by atoms with E-state index in [1.807, 2.05) is 38.1 Å². The number of benzene rings is 1. The fraction of sp³-hybridized carbons (Fsp3) is 0.154. The molecule has 1 aromatic carbocycles. The van der Waals surface area contributed by atoms with Gasteiger partial charge in [-0.2, -0.15) is 4.98 Å². The highest BCUT2D eigenvalue weighted by atomic mass is 16.5. The minimum atomic E-state index is 0.369. The maximum absolute atomic E-state index is 12.1. The molecule has 5 nitrogen and oxygen atoms in total. The Morgan fingerprint density at radius 2 is 1.78 bits per heavy atom. The Bertz CT molecular complexity index is 716. The maximum atomic E-state index is 12.1. The van der Waals surface area contributed by atoms with Crippen LogP contribution in [0.4, 0.5) is 0 Å². The molecule has 0 saturated heterocycles. The van der Waals surface area contributed by atoms with E-state index in [4.69, 9.17) is 0 Å². The molecule has 0 fully saturated rings. The van der Waals surface area contributed by atoms with Crippen molar-refractivity contribution in [2.75, 3.05) is 0 Å². The minimum Gasteiger partial charge on any atom is -0.692 e. The molecule has 3 aromatic rings. The summed E-state index contributed by atoms with van der Waals surface area (Å²) in [7, 11) is 0. The molecule has 0 amide bonds. The van der Waals surface area contributed by atoms with Gasteiger partial charge in [-0.15, -0.1) is 9.36 Å². The lowest BCUT2D eigenvalue weighted by atomic mass is 10.1. The first-order chi connectivity index (χ1) is 8.65. The molecule has 0 radical (unpaired) electrons. The molecule has 18 heavy (non-hydrogen) atoms. The second-order valence-corrected chi connectivity index (χ2v) is 4.29. The second-order valence-electron chi connectivity index (χ2n) is 4.29. The van der Waals surface area contributed by atoms with Gasteiger partial charge in [0.25, 0.3) is 0 Å². The lowest BCUT2D eigenvalue weighted by molar-refractivity contribution is -0.667. The van der Waals surface area contributed by atoms with E-state index in [-0.39, 0.29) is 0 Å². The summed E-state index contributed by atoms with van der Waals surface area (Å²) in [6.07, 6.45) is 1.68. The Balaban J connectivity index is 2.23. The van der Waals surface area contributed by atoms with Crippen LogP contribution in [0.25, 0.3) is 17.2 Å². The van der Waals surface area contributed by atoms with E-state index in [0.29, 0.717) is 11.6 Å². The summed E-state index contributed by atoms with van der Waals surface area (Å²) in [6.45, 7) is 3.87. The van der Waals surface area contributed by atoms with E-state index in [2.05, 4.69) is 9.97 Å². The number of aryl methyl sites for hydroxylation is 2. The Hall–Kier alpha value is -2.43. The standard InChI is InChI=1S/C13H12N4O/c1-9-3-5-11(6-4-9)12-15-13-14-10(2)7-8-16(13)17(12)18/h3-8H,1-2H3. The van der Waals surface area contributed by atoms with E-state index >= 15 is 0 Å². The molecule has 0 N–H and O–H groups in total. The van der Waals surface area contributed by atoms with Crippen molar-refractivity contribution < 1.29 is 4.85 Å². The summed E-state index contributed by atoms with van der Waals surface area (Å²) in [5.41, 5.74) is 2.77. The maximum Gasteiger partial charge on any atom is 0.381 e. The molecule has 0 unspecified atom stereocenters. The Kier molecular flexibility index (Phi) is 2.26. The summed E-state index contributed by atoms with van der Waals surface area (Å²) in [5, 5.41) is 12.1. The lowest BCUT2D eigenvalue weighted by Crippen LogP contribution is -2.34. The smallest absolute Gasteiger partial charge is 0.381 e. The van der Waals surface area contributed by atoms with Gasteiger partial charge in [-0.3, -0.25) is 0 Å². The summed E-state index contributed by atoms with van der Waals surface area (Å²) in [4.78, 5) is 9.26. The van der Waals surface area contributed by atoms with Gasteiger partial charge >= 0.3 is 11.6 Å². The number of hydrogen-bond acceptors (Lipinski definition) is 3. The van der Waals surface area contributed by atoms with Crippen LogP contribution in [0.5, 0.6) is 0 Å². The molecule has 0 aliphatic rings. The molecule has 3 rings (SSSR count). The normalized spacial score (nSPS) is 11.0. The zero-order chi connectivity index (χ0) is 12.7. The van der Waals surface area contributed by atoms with Gasteiger partial charge in [0.15, 0.2) is 0 Å². The number of hydrogen-bond donors (Lipinski definition) is 0. The van der Waals surface area contributed by atoms with Crippen molar-refractivity contribution in [3.05, 3.63) is 53.0 Å². The highest BCUT2D eigenvalue weighted by Gasteiger charge is 2.19. The first-order valence-electron chi connectivity index (χ1n) is 5.68. The number of aromatic nitrogens is 4. The number of nitrogens with zero attached hydrogens (tertiary/aromatic N) is 4. The van der Waals surface area contributed by atoms with Crippen LogP contribution in [0.3, 0.4) is 0 Å². The van der Waals surface area contributed by atoms with Gasteiger partial charge in [0.05, 0.1) is 11.8 Å². The predicted molar refractivity (Wildman–Crippen MR) is 66.9 cm³/mol. The zero-order valence-corrected chi connectivity index (χ0v) is 10.2. The SMILES string of the molecule is Cc1ccc(-c2nc3nc(C)ccn3[n+]2[O-])cc1. The Labute approximate surface area is 104 Å². The summed E-state index contributed by atoms with van der Waals surface area (Å²) >= 11 is 0. The molecule has 0 atom stereocenters. The van der Waals surface area contributed by atoms with Gasteiger partial charge in [0.2, 0.25) is 0 Å². The van der Waals surface area contributed by atoms with Crippen molar-refractivity contribution in [2.45, 2.75) is 13.8 Å². The summed E-state index contributed by atoms with van der Waals surface area (Å²) in [6, 6.07) is 9.47. The largest absolute Gasteiger partial charge is 0.692 e. The zero-order valence-electron chi connectivity index (χ0n) is 10.2. The van der Waals surface area contributed by atoms with Gasteiger partial charge in [-0.05, 0) is 32.0 Å². The highest BCUT2D eigenvalue weighted by molar-refractivity contribution is 5.54. The topological polar surface area (TPSA) is 57.1 Å². The van der Waals surface area contributed by atoms with Crippen LogP contribution in [0.1, 0.15) is 11.3 Å². The van der Waals surface area contributed by atoms with Crippen molar-refractivity contribution in [2.24, 2.45) is 0 Å². The fourth-order valence-corrected chi connectivity index (χ4v) is 1.83. The second kappa shape index (κ2) is 3.80. The van der Waals surface area contributed by atoms with Gasteiger partial charge in [0, 0.05) is 10.7 Å². The summed E-state index contributed by atoms with van der Waals surface area (Å²) in [5.74, 6) is 0.786. The molecule has 2 heterocycles. The van der Waals surface area contributed by atoms with Crippen LogP contribution < -0.4 is 4.85 Å².